The average Bonchev–Trinajstić information content (AvgIpc) is 3.45. The number of morpholine rings is 1. The van der Waals surface area contributed by atoms with Crippen molar-refractivity contribution in [2.24, 2.45) is 0 Å². The quantitative estimate of drug-likeness (QED) is 0.637. The molecule has 0 spiro atoms. The first kappa shape index (κ1) is 21.5. The molecule has 2 aliphatic heterocycles. The Morgan fingerprint density at radius 1 is 1.06 bits per heavy atom. The van der Waals surface area contributed by atoms with Gasteiger partial charge in [-0.25, -0.2) is 15.0 Å². The minimum Gasteiger partial charge on any atom is -0.380 e. The van der Waals surface area contributed by atoms with Gasteiger partial charge in [-0.05, 0) is 25.5 Å². The Hall–Kier alpha value is -2.71. The van der Waals surface area contributed by atoms with Crippen molar-refractivity contribution >= 4 is 17.3 Å². The molecule has 3 aromatic heterocycles. The van der Waals surface area contributed by atoms with Gasteiger partial charge in [0.05, 0.1) is 30.7 Å². The van der Waals surface area contributed by atoms with Crippen molar-refractivity contribution in [3.8, 4) is 11.3 Å². The molecule has 8 nitrogen and oxygen atoms in total. The minimum absolute atomic E-state index is 0.295. The predicted molar refractivity (Wildman–Crippen MR) is 123 cm³/mol. The molecule has 0 saturated carbocycles. The number of aromatic nitrogens is 4. The lowest BCUT2D eigenvalue weighted by Gasteiger charge is -2.27. The summed E-state index contributed by atoms with van der Waals surface area (Å²) in [5.41, 5.74) is 3.98. The van der Waals surface area contributed by atoms with E-state index in [1.165, 1.54) is 0 Å². The van der Waals surface area contributed by atoms with Crippen LogP contribution in [0.4, 0.5) is 11.6 Å². The van der Waals surface area contributed by atoms with Gasteiger partial charge in [0.25, 0.3) is 0 Å². The van der Waals surface area contributed by atoms with Gasteiger partial charge in [0.15, 0.2) is 11.5 Å². The highest BCUT2D eigenvalue weighted by atomic mass is 16.5. The second-order valence-corrected chi connectivity index (χ2v) is 7.59. The summed E-state index contributed by atoms with van der Waals surface area (Å²) in [6.07, 6.45) is 7.11. The molecule has 3 aromatic rings. The molecule has 5 rings (SSSR count). The van der Waals surface area contributed by atoms with E-state index in [1.54, 1.807) is 7.11 Å². The molecule has 0 unspecified atom stereocenters. The number of nitrogens with zero attached hydrogens (tertiary/aromatic N) is 6. The van der Waals surface area contributed by atoms with Crippen molar-refractivity contribution in [1.82, 2.24) is 19.4 Å². The molecule has 166 valence electrons. The number of hydrogen-bond donors (Lipinski definition) is 0. The fourth-order valence-electron chi connectivity index (χ4n) is 4.27. The largest absolute Gasteiger partial charge is 0.380 e. The second kappa shape index (κ2) is 9.62. The van der Waals surface area contributed by atoms with Crippen LogP contribution in [0, 0.1) is 6.92 Å². The van der Waals surface area contributed by atoms with Gasteiger partial charge in [0, 0.05) is 57.4 Å². The maximum atomic E-state index is 5.48. The monoisotopic (exact) mass is 424 g/mol. The maximum absolute atomic E-state index is 5.48. The topological polar surface area (TPSA) is 68.0 Å². The number of aryl methyl sites for hydroxylation is 1. The van der Waals surface area contributed by atoms with E-state index in [0.717, 1.165) is 80.0 Å². The highest BCUT2D eigenvalue weighted by Gasteiger charge is 2.24. The zero-order valence-electron chi connectivity index (χ0n) is 18.9. The number of hydrogen-bond acceptors (Lipinski definition) is 7. The van der Waals surface area contributed by atoms with Crippen LogP contribution >= 0.6 is 0 Å². The highest BCUT2D eigenvalue weighted by Crippen LogP contribution is 2.29. The number of anilines is 2. The van der Waals surface area contributed by atoms with Crippen molar-refractivity contribution in [2.45, 2.75) is 33.3 Å². The molecule has 0 radical (unpaired) electrons. The van der Waals surface area contributed by atoms with Crippen LogP contribution in [0.3, 0.4) is 0 Å². The zero-order valence-corrected chi connectivity index (χ0v) is 18.9. The Bertz CT molecular complexity index is 997. The molecule has 8 heteroatoms. The predicted octanol–water partition coefficient (Wildman–Crippen LogP) is 3.19. The number of pyridine rings is 1. The zero-order chi connectivity index (χ0) is 21.8. The van der Waals surface area contributed by atoms with Crippen LogP contribution in [0.15, 0.2) is 30.7 Å². The van der Waals surface area contributed by atoms with Crippen LogP contribution in [0.2, 0.25) is 0 Å². The maximum Gasteiger partial charge on any atom is 0.181 e. The molecular formula is C23H32N6O2. The van der Waals surface area contributed by atoms with Crippen molar-refractivity contribution < 1.29 is 9.47 Å². The fourth-order valence-corrected chi connectivity index (χ4v) is 4.27. The van der Waals surface area contributed by atoms with E-state index in [0.29, 0.717) is 6.10 Å². The van der Waals surface area contributed by atoms with Crippen molar-refractivity contribution in [3.63, 3.8) is 0 Å². The third-order valence-corrected chi connectivity index (χ3v) is 5.83. The lowest BCUT2D eigenvalue weighted by Crippen LogP contribution is -2.37. The summed E-state index contributed by atoms with van der Waals surface area (Å²) in [4.78, 5) is 18.7. The van der Waals surface area contributed by atoms with Gasteiger partial charge in [0.2, 0.25) is 0 Å². The first-order valence-electron chi connectivity index (χ1n) is 11.1. The molecule has 2 aliphatic rings. The third kappa shape index (κ3) is 4.22. The van der Waals surface area contributed by atoms with Crippen LogP contribution in [0.5, 0.6) is 0 Å². The lowest BCUT2D eigenvalue weighted by molar-refractivity contribution is 0.121. The molecule has 0 bridgehead atoms. The van der Waals surface area contributed by atoms with Crippen LogP contribution in [0.1, 0.15) is 26.0 Å². The highest BCUT2D eigenvalue weighted by molar-refractivity contribution is 5.73. The van der Waals surface area contributed by atoms with Gasteiger partial charge in [-0.3, -0.25) is 4.40 Å². The number of rotatable bonds is 4. The summed E-state index contributed by atoms with van der Waals surface area (Å²) in [6, 6.07) is 4.23. The summed E-state index contributed by atoms with van der Waals surface area (Å²) in [7, 11) is 1.78. The average molecular weight is 425 g/mol. The van der Waals surface area contributed by atoms with Crippen molar-refractivity contribution in [3.05, 3.63) is 36.4 Å². The van der Waals surface area contributed by atoms with E-state index in [2.05, 4.69) is 31.3 Å². The molecule has 0 amide bonds. The molecule has 0 aliphatic carbocycles. The van der Waals surface area contributed by atoms with Crippen LogP contribution in [-0.4, -0.2) is 72.0 Å². The molecule has 1 atom stereocenters. The molecule has 0 aromatic carbocycles. The Kier molecular flexibility index (Phi) is 6.67. The second-order valence-electron chi connectivity index (χ2n) is 7.59. The van der Waals surface area contributed by atoms with Crippen molar-refractivity contribution in [1.29, 1.82) is 0 Å². The van der Waals surface area contributed by atoms with Gasteiger partial charge in [0.1, 0.15) is 5.82 Å². The molecule has 2 saturated heterocycles. The Labute approximate surface area is 183 Å². The normalized spacial score (nSPS) is 18.9. The van der Waals surface area contributed by atoms with Crippen LogP contribution < -0.4 is 9.80 Å². The van der Waals surface area contributed by atoms with E-state index in [4.69, 9.17) is 19.4 Å². The Morgan fingerprint density at radius 3 is 2.55 bits per heavy atom. The number of ether oxygens (including phenoxy) is 2. The molecular weight excluding hydrogens is 392 g/mol. The first-order chi connectivity index (χ1) is 15.2. The standard InChI is InChI=1S/C21H26N6O2.C2H6/c1-15-19(16-3-4-18(23-13-16)26-7-5-17(14-26)28-2)27-8-6-22-20(21(27)24-15)25-9-11-29-12-10-25;1-2/h3-4,6,8,13,17H,5,7,9-12,14H2,1-2H3;1-2H3/t17-;/m0./s1. The Balaban J connectivity index is 0.00000112. The van der Waals surface area contributed by atoms with E-state index in [9.17, 15) is 0 Å². The van der Waals surface area contributed by atoms with Gasteiger partial charge in [-0.1, -0.05) is 13.8 Å². The summed E-state index contributed by atoms with van der Waals surface area (Å²) >= 11 is 0. The molecule has 31 heavy (non-hydrogen) atoms. The lowest BCUT2D eigenvalue weighted by atomic mass is 10.2. The summed E-state index contributed by atoms with van der Waals surface area (Å²) < 4.78 is 13.1. The van der Waals surface area contributed by atoms with Crippen molar-refractivity contribution in [2.75, 3.05) is 56.3 Å². The van der Waals surface area contributed by atoms with Gasteiger partial charge in [-0.15, -0.1) is 0 Å². The minimum atomic E-state index is 0.295. The van der Waals surface area contributed by atoms with E-state index < -0.39 is 0 Å². The number of imidazole rings is 1. The number of methoxy groups -OCH3 is 1. The van der Waals surface area contributed by atoms with Crippen LogP contribution in [0.25, 0.3) is 16.9 Å². The SMILES string of the molecule is CC.CO[C@H]1CCN(c2ccc(-c3c(C)nc4c(N5CCOCC5)nccn34)cn2)C1. The van der Waals surface area contributed by atoms with E-state index >= 15 is 0 Å². The third-order valence-electron chi connectivity index (χ3n) is 5.83. The Morgan fingerprint density at radius 2 is 1.87 bits per heavy atom. The van der Waals surface area contributed by atoms with Gasteiger partial charge in [-0.2, -0.15) is 0 Å². The molecule has 5 heterocycles. The summed E-state index contributed by atoms with van der Waals surface area (Å²) in [5, 5.41) is 0. The fraction of sp³-hybridized carbons (Fsp3) is 0.522. The van der Waals surface area contributed by atoms with Gasteiger partial charge >= 0.3 is 0 Å². The molecule has 2 fully saturated rings. The summed E-state index contributed by atoms with van der Waals surface area (Å²) in [6.45, 7) is 11.0. The van der Waals surface area contributed by atoms with Crippen LogP contribution in [-0.2, 0) is 9.47 Å². The van der Waals surface area contributed by atoms with E-state index in [1.807, 2.05) is 39.4 Å². The summed E-state index contributed by atoms with van der Waals surface area (Å²) in [5.74, 6) is 1.91. The van der Waals surface area contributed by atoms with E-state index in [-0.39, 0.29) is 0 Å². The smallest absolute Gasteiger partial charge is 0.181 e. The van der Waals surface area contributed by atoms with Gasteiger partial charge < -0.3 is 19.3 Å². The first-order valence-corrected chi connectivity index (χ1v) is 11.1. The number of fused-ring (bicyclic) bond motifs is 1. The molecule has 0 N–H and O–H groups in total.